The number of para-hydroxylation sites is 1. The number of nitrogens with one attached hydrogen (secondary N) is 2. The molecule has 3 aromatic rings. The van der Waals surface area contributed by atoms with E-state index in [1.165, 1.54) is 0 Å². The minimum Gasteiger partial charge on any atom is -0.323 e. The largest absolute Gasteiger partial charge is 0.323 e. The number of nitrogens with zero attached hydrogens (tertiary/aromatic N) is 3. The van der Waals surface area contributed by atoms with Gasteiger partial charge in [-0.2, -0.15) is 0 Å². The van der Waals surface area contributed by atoms with Crippen LogP contribution < -0.4 is 16.6 Å². The number of carbonyl (C=O) groups is 1. The van der Waals surface area contributed by atoms with E-state index in [0.29, 0.717) is 11.2 Å². The van der Waals surface area contributed by atoms with Crippen molar-refractivity contribution in [2.24, 2.45) is 5.84 Å². The lowest BCUT2D eigenvalue weighted by Crippen LogP contribution is -2.17. The number of anilines is 2. The number of amides is 1. The molecule has 7 heteroatoms. The van der Waals surface area contributed by atoms with E-state index < -0.39 is 5.91 Å². The highest BCUT2D eigenvalue weighted by molar-refractivity contribution is 6.05. The van der Waals surface area contributed by atoms with Crippen molar-refractivity contribution in [3.8, 4) is 0 Å². The van der Waals surface area contributed by atoms with E-state index in [4.69, 9.17) is 5.84 Å². The second-order valence-corrected chi connectivity index (χ2v) is 4.24. The lowest BCUT2D eigenvalue weighted by atomic mass is 10.1. The topological polar surface area (TPSA) is 106 Å². The molecule has 21 heavy (non-hydrogen) atoms. The molecule has 2 heterocycles. The Kier molecular flexibility index (Phi) is 3.40. The van der Waals surface area contributed by atoms with Crippen LogP contribution in [0.25, 0.3) is 10.9 Å². The fraction of sp³-hybridized carbons (Fsp3) is 0. The quantitative estimate of drug-likeness (QED) is 0.496. The number of rotatable bonds is 3. The van der Waals surface area contributed by atoms with Crippen molar-refractivity contribution in [2.45, 2.75) is 0 Å². The number of fused-ring (bicyclic) bond motifs is 1. The fourth-order valence-electron chi connectivity index (χ4n) is 1.94. The van der Waals surface area contributed by atoms with Gasteiger partial charge in [0.15, 0.2) is 0 Å². The first-order chi connectivity index (χ1) is 10.3. The van der Waals surface area contributed by atoms with Gasteiger partial charge in [-0.15, -0.1) is 0 Å². The highest BCUT2D eigenvalue weighted by Crippen LogP contribution is 2.22. The summed E-state index contributed by atoms with van der Waals surface area (Å²) < 4.78 is 0. The lowest BCUT2D eigenvalue weighted by molar-refractivity contribution is 0.102. The van der Waals surface area contributed by atoms with Gasteiger partial charge in [-0.3, -0.25) is 16.0 Å². The maximum absolute atomic E-state index is 12.2. The maximum atomic E-state index is 12.2. The zero-order valence-corrected chi connectivity index (χ0v) is 10.9. The Morgan fingerprint density at radius 2 is 1.86 bits per heavy atom. The number of pyridine rings is 1. The Bertz CT molecular complexity index is 790. The van der Waals surface area contributed by atoms with Crippen LogP contribution in [0.2, 0.25) is 0 Å². The zero-order valence-electron chi connectivity index (χ0n) is 10.9. The second-order valence-electron chi connectivity index (χ2n) is 4.24. The third kappa shape index (κ3) is 2.63. The van der Waals surface area contributed by atoms with E-state index >= 15 is 0 Å². The van der Waals surface area contributed by atoms with Crippen molar-refractivity contribution in [2.75, 3.05) is 10.7 Å². The van der Waals surface area contributed by atoms with E-state index in [9.17, 15) is 4.79 Å². The summed E-state index contributed by atoms with van der Waals surface area (Å²) in [6, 6.07) is 10.7. The molecular formula is C14H12N6O. The first-order valence-electron chi connectivity index (χ1n) is 6.22. The third-order valence-electron chi connectivity index (χ3n) is 2.90. The number of nitrogens with two attached hydrogens (primary N) is 1. The molecule has 1 aromatic carbocycles. The molecule has 0 bridgehead atoms. The van der Waals surface area contributed by atoms with Crippen molar-refractivity contribution in [3.63, 3.8) is 0 Å². The van der Waals surface area contributed by atoms with Gasteiger partial charge in [0.25, 0.3) is 5.91 Å². The minimum absolute atomic E-state index is 0.222. The molecule has 0 saturated heterocycles. The highest BCUT2D eigenvalue weighted by atomic mass is 16.2. The summed E-state index contributed by atoms with van der Waals surface area (Å²) in [5.41, 5.74) is 4.11. The highest BCUT2D eigenvalue weighted by Gasteiger charge is 2.12. The normalized spacial score (nSPS) is 10.3. The number of benzene rings is 1. The molecule has 2 aromatic heterocycles. The molecule has 0 radical (unpaired) electrons. The van der Waals surface area contributed by atoms with Gasteiger partial charge in [-0.05, 0) is 18.2 Å². The van der Waals surface area contributed by atoms with Gasteiger partial charge in [0.2, 0.25) is 5.95 Å². The summed E-state index contributed by atoms with van der Waals surface area (Å²) >= 11 is 0. The van der Waals surface area contributed by atoms with Gasteiger partial charge >= 0.3 is 0 Å². The van der Waals surface area contributed by atoms with Crippen molar-refractivity contribution in [3.05, 3.63) is 54.5 Å². The van der Waals surface area contributed by atoms with Gasteiger partial charge in [0.05, 0.1) is 11.2 Å². The first kappa shape index (κ1) is 12.9. The Morgan fingerprint density at radius 1 is 1.10 bits per heavy atom. The van der Waals surface area contributed by atoms with E-state index in [2.05, 4.69) is 25.7 Å². The number of hydrogen-bond donors (Lipinski definition) is 3. The monoisotopic (exact) mass is 280 g/mol. The summed E-state index contributed by atoms with van der Waals surface area (Å²) in [6.45, 7) is 0. The molecule has 3 rings (SSSR count). The molecule has 104 valence electrons. The number of aromatic nitrogens is 3. The number of nitrogen functional groups attached to an aromatic ring is 1. The van der Waals surface area contributed by atoms with Gasteiger partial charge in [0, 0.05) is 17.8 Å². The molecular weight excluding hydrogens is 268 g/mol. The molecule has 0 unspecified atom stereocenters. The molecule has 0 spiro atoms. The van der Waals surface area contributed by atoms with Crippen LogP contribution in [0.5, 0.6) is 0 Å². The van der Waals surface area contributed by atoms with Gasteiger partial charge in [0.1, 0.15) is 5.69 Å². The number of hydrazine groups is 1. The van der Waals surface area contributed by atoms with Crippen molar-refractivity contribution >= 4 is 28.4 Å². The van der Waals surface area contributed by atoms with Crippen molar-refractivity contribution in [1.82, 2.24) is 15.0 Å². The van der Waals surface area contributed by atoms with Crippen LogP contribution in [0.3, 0.4) is 0 Å². The van der Waals surface area contributed by atoms with Gasteiger partial charge in [-0.25, -0.2) is 15.0 Å². The third-order valence-corrected chi connectivity index (χ3v) is 2.90. The molecule has 0 saturated carbocycles. The standard InChI is InChI=1S/C14H12N6O/c15-20-11-8-12(18-10-5-2-1-4-9(10)11)13(21)19-14-16-6-3-7-17-14/h1-8H,15H2,(H,18,20)(H,16,17,19,21). The minimum atomic E-state index is -0.400. The molecule has 0 aliphatic rings. The van der Waals surface area contributed by atoms with Crippen LogP contribution >= 0.6 is 0 Å². The molecule has 0 atom stereocenters. The lowest BCUT2D eigenvalue weighted by Gasteiger charge is -2.08. The molecule has 0 fully saturated rings. The zero-order chi connectivity index (χ0) is 14.7. The second kappa shape index (κ2) is 5.51. The first-order valence-corrected chi connectivity index (χ1v) is 6.22. The van der Waals surface area contributed by atoms with E-state index in [-0.39, 0.29) is 11.6 Å². The molecule has 4 N–H and O–H groups in total. The van der Waals surface area contributed by atoms with Crippen LogP contribution in [0, 0.1) is 0 Å². The average Bonchev–Trinajstić information content (AvgIpc) is 2.54. The van der Waals surface area contributed by atoms with Crippen LogP contribution in [0.15, 0.2) is 48.8 Å². The van der Waals surface area contributed by atoms with Crippen molar-refractivity contribution in [1.29, 1.82) is 0 Å². The fourth-order valence-corrected chi connectivity index (χ4v) is 1.94. The molecule has 0 aliphatic heterocycles. The Hall–Kier alpha value is -3.06. The van der Waals surface area contributed by atoms with Crippen LogP contribution in [-0.4, -0.2) is 20.9 Å². The summed E-state index contributed by atoms with van der Waals surface area (Å²) in [4.78, 5) is 24.4. The number of carbonyl (C=O) groups excluding carboxylic acids is 1. The van der Waals surface area contributed by atoms with Gasteiger partial charge in [-0.1, -0.05) is 18.2 Å². The number of hydrogen-bond acceptors (Lipinski definition) is 6. The molecule has 1 amide bonds. The predicted octanol–water partition coefficient (Wildman–Crippen LogP) is 1.56. The van der Waals surface area contributed by atoms with Crippen molar-refractivity contribution < 1.29 is 4.79 Å². The van der Waals surface area contributed by atoms with E-state index in [0.717, 1.165) is 5.39 Å². The van der Waals surface area contributed by atoms with E-state index in [1.807, 2.05) is 24.3 Å². The van der Waals surface area contributed by atoms with Crippen LogP contribution in [0.4, 0.5) is 11.6 Å². The SMILES string of the molecule is NNc1cc(C(=O)Nc2ncccn2)nc2ccccc12. The smallest absolute Gasteiger partial charge is 0.276 e. The Balaban J connectivity index is 1.98. The summed E-state index contributed by atoms with van der Waals surface area (Å²) in [7, 11) is 0. The summed E-state index contributed by atoms with van der Waals surface area (Å²) in [6.07, 6.45) is 3.09. The van der Waals surface area contributed by atoms with Gasteiger partial charge < -0.3 is 5.43 Å². The molecule has 7 nitrogen and oxygen atoms in total. The Morgan fingerprint density at radius 3 is 2.62 bits per heavy atom. The predicted molar refractivity (Wildman–Crippen MR) is 79.5 cm³/mol. The van der Waals surface area contributed by atoms with E-state index in [1.54, 1.807) is 24.5 Å². The Labute approximate surface area is 120 Å². The maximum Gasteiger partial charge on any atom is 0.276 e. The van der Waals surface area contributed by atoms with Crippen LogP contribution in [0.1, 0.15) is 10.5 Å². The average molecular weight is 280 g/mol. The summed E-state index contributed by atoms with van der Waals surface area (Å²) in [5, 5.41) is 3.42. The van der Waals surface area contributed by atoms with Crippen LogP contribution in [-0.2, 0) is 0 Å². The summed E-state index contributed by atoms with van der Waals surface area (Å²) in [5.74, 6) is 5.33. The molecule has 0 aliphatic carbocycles.